The SMILES string of the molecule is CCN(CC1CCC1)CC(N)c1ccc(F)cc1F. The summed E-state index contributed by atoms with van der Waals surface area (Å²) in [6.45, 7) is 4.65. The molecule has 0 amide bonds. The second kappa shape index (κ2) is 6.44. The maximum atomic E-state index is 13.7. The molecular formula is C15H22F2N2. The lowest BCUT2D eigenvalue weighted by Crippen LogP contribution is -2.37. The summed E-state index contributed by atoms with van der Waals surface area (Å²) in [6, 6.07) is 3.21. The van der Waals surface area contributed by atoms with E-state index in [4.69, 9.17) is 5.73 Å². The van der Waals surface area contributed by atoms with Crippen LogP contribution >= 0.6 is 0 Å². The topological polar surface area (TPSA) is 29.3 Å². The van der Waals surface area contributed by atoms with Crippen LogP contribution in [0.1, 0.15) is 37.8 Å². The molecule has 1 unspecified atom stereocenters. The highest BCUT2D eigenvalue weighted by Crippen LogP contribution is 2.27. The third-order valence-electron chi connectivity index (χ3n) is 4.01. The number of rotatable bonds is 6. The smallest absolute Gasteiger partial charge is 0.130 e. The van der Waals surface area contributed by atoms with Gasteiger partial charge in [0, 0.05) is 30.8 Å². The summed E-state index contributed by atoms with van der Waals surface area (Å²) in [4.78, 5) is 2.26. The first-order valence-corrected chi connectivity index (χ1v) is 7.03. The van der Waals surface area contributed by atoms with E-state index < -0.39 is 17.7 Å². The minimum absolute atomic E-state index is 0.397. The van der Waals surface area contributed by atoms with Crippen molar-refractivity contribution in [2.75, 3.05) is 19.6 Å². The average Bonchev–Trinajstić information content (AvgIpc) is 2.31. The van der Waals surface area contributed by atoms with E-state index >= 15 is 0 Å². The number of hydrogen-bond donors (Lipinski definition) is 1. The molecule has 1 atom stereocenters. The zero-order valence-corrected chi connectivity index (χ0v) is 11.4. The molecule has 1 aliphatic rings. The highest BCUT2D eigenvalue weighted by Gasteiger charge is 2.22. The molecule has 0 saturated heterocycles. The fraction of sp³-hybridized carbons (Fsp3) is 0.600. The molecular weight excluding hydrogens is 246 g/mol. The van der Waals surface area contributed by atoms with Gasteiger partial charge >= 0.3 is 0 Å². The summed E-state index contributed by atoms with van der Waals surface area (Å²) in [5.41, 5.74) is 6.45. The van der Waals surface area contributed by atoms with E-state index in [1.165, 1.54) is 31.4 Å². The van der Waals surface area contributed by atoms with E-state index in [2.05, 4.69) is 11.8 Å². The molecule has 0 bridgehead atoms. The van der Waals surface area contributed by atoms with Gasteiger partial charge < -0.3 is 10.6 Å². The van der Waals surface area contributed by atoms with E-state index in [-0.39, 0.29) is 0 Å². The van der Waals surface area contributed by atoms with E-state index in [1.807, 2.05) is 0 Å². The number of benzene rings is 1. The van der Waals surface area contributed by atoms with Crippen molar-refractivity contribution in [3.63, 3.8) is 0 Å². The van der Waals surface area contributed by atoms with Crippen molar-refractivity contribution in [2.45, 2.75) is 32.2 Å². The van der Waals surface area contributed by atoms with Crippen LogP contribution in [-0.2, 0) is 0 Å². The lowest BCUT2D eigenvalue weighted by molar-refractivity contribution is 0.176. The molecule has 4 heteroatoms. The first-order chi connectivity index (χ1) is 9.10. The minimum atomic E-state index is -0.560. The van der Waals surface area contributed by atoms with Crippen LogP contribution in [0.15, 0.2) is 18.2 Å². The summed E-state index contributed by atoms with van der Waals surface area (Å²) >= 11 is 0. The average molecular weight is 268 g/mol. The first-order valence-electron chi connectivity index (χ1n) is 7.03. The molecule has 2 nitrogen and oxygen atoms in total. The maximum Gasteiger partial charge on any atom is 0.130 e. The molecule has 1 saturated carbocycles. The van der Waals surface area contributed by atoms with Crippen LogP contribution < -0.4 is 5.73 Å². The molecule has 0 spiro atoms. The molecule has 0 aromatic heterocycles. The highest BCUT2D eigenvalue weighted by atomic mass is 19.1. The lowest BCUT2D eigenvalue weighted by atomic mass is 9.85. The van der Waals surface area contributed by atoms with E-state index in [0.717, 1.165) is 25.1 Å². The van der Waals surface area contributed by atoms with Crippen molar-refractivity contribution in [3.8, 4) is 0 Å². The number of nitrogens with two attached hydrogens (primary N) is 1. The Bertz CT molecular complexity index is 419. The van der Waals surface area contributed by atoms with E-state index in [9.17, 15) is 8.78 Å². The van der Waals surface area contributed by atoms with Crippen molar-refractivity contribution >= 4 is 0 Å². The molecule has 1 aromatic rings. The van der Waals surface area contributed by atoms with Gasteiger partial charge in [-0.3, -0.25) is 0 Å². The standard InChI is InChI=1S/C15H22F2N2/c1-2-19(9-11-4-3-5-11)10-15(18)13-7-6-12(16)8-14(13)17/h6-8,11,15H,2-5,9-10,18H2,1H3. The predicted octanol–water partition coefficient (Wildman–Crippen LogP) is 3.09. The Kier molecular flexibility index (Phi) is 4.88. The Hall–Kier alpha value is -1.00. The van der Waals surface area contributed by atoms with Crippen molar-refractivity contribution in [3.05, 3.63) is 35.4 Å². The van der Waals surface area contributed by atoms with Crippen LogP contribution in [-0.4, -0.2) is 24.5 Å². The van der Waals surface area contributed by atoms with Crippen LogP contribution in [0.3, 0.4) is 0 Å². The Morgan fingerprint density at radius 3 is 2.63 bits per heavy atom. The van der Waals surface area contributed by atoms with Gasteiger partial charge in [0.1, 0.15) is 11.6 Å². The molecule has 0 radical (unpaired) electrons. The van der Waals surface area contributed by atoms with Crippen LogP contribution in [0.4, 0.5) is 8.78 Å². The van der Waals surface area contributed by atoms with Gasteiger partial charge in [-0.1, -0.05) is 19.4 Å². The fourth-order valence-electron chi connectivity index (χ4n) is 2.55. The van der Waals surface area contributed by atoms with Crippen LogP contribution in [0, 0.1) is 17.6 Å². The van der Waals surface area contributed by atoms with E-state index in [0.29, 0.717) is 12.1 Å². The molecule has 0 aliphatic heterocycles. The number of nitrogens with zero attached hydrogens (tertiary/aromatic N) is 1. The van der Waals surface area contributed by atoms with Crippen molar-refractivity contribution in [2.24, 2.45) is 11.7 Å². The van der Waals surface area contributed by atoms with Crippen LogP contribution in [0.5, 0.6) is 0 Å². The molecule has 2 N–H and O–H groups in total. The third kappa shape index (κ3) is 3.74. The van der Waals surface area contributed by atoms with Gasteiger partial charge in [0.2, 0.25) is 0 Å². The van der Waals surface area contributed by atoms with Crippen molar-refractivity contribution in [1.29, 1.82) is 0 Å². The molecule has 2 rings (SSSR count). The summed E-state index contributed by atoms with van der Waals surface area (Å²) in [5.74, 6) is -0.340. The molecule has 1 fully saturated rings. The largest absolute Gasteiger partial charge is 0.323 e. The highest BCUT2D eigenvalue weighted by molar-refractivity contribution is 5.22. The second-order valence-corrected chi connectivity index (χ2v) is 5.42. The second-order valence-electron chi connectivity index (χ2n) is 5.42. The molecule has 1 aromatic carbocycles. The van der Waals surface area contributed by atoms with Crippen molar-refractivity contribution in [1.82, 2.24) is 4.90 Å². The lowest BCUT2D eigenvalue weighted by Gasteiger charge is -2.33. The zero-order valence-electron chi connectivity index (χ0n) is 11.4. The normalized spacial score (nSPS) is 17.5. The quantitative estimate of drug-likeness (QED) is 0.859. The summed E-state index contributed by atoms with van der Waals surface area (Å²) in [6.07, 6.45) is 3.90. The summed E-state index contributed by atoms with van der Waals surface area (Å²) < 4.78 is 26.5. The Morgan fingerprint density at radius 1 is 1.37 bits per heavy atom. The zero-order chi connectivity index (χ0) is 13.8. The van der Waals surface area contributed by atoms with Gasteiger partial charge in [-0.2, -0.15) is 0 Å². The minimum Gasteiger partial charge on any atom is -0.323 e. The van der Waals surface area contributed by atoms with Crippen LogP contribution in [0.2, 0.25) is 0 Å². The Balaban J connectivity index is 1.95. The first kappa shape index (κ1) is 14.4. The molecule has 106 valence electrons. The molecule has 0 heterocycles. The van der Waals surface area contributed by atoms with Gasteiger partial charge in [0.05, 0.1) is 0 Å². The molecule has 19 heavy (non-hydrogen) atoms. The fourth-order valence-corrected chi connectivity index (χ4v) is 2.55. The van der Waals surface area contributed by atoms with Crippen LogP contribution in [0.25, 0.3) is 0 Å². The van der Waals surface area contributed by atoms with Gasteiger partial charge in [0.15, 0.2) is 0 Å². The van der Waals surface area contributed by atoms with Gasteiger partial charge in [-0.25, -0.2) is 8.78 Å². The summed E-state index contributed by atoms with van der Waals surface area (Å²) in [5, 5.41) is 0. The monoisotopic (exact) mass is 268 g/mol. The van der Waals surface area contributed by atoms with Gasteiger partial charge in [0.25, 0.3) is 0 Å². The third-order valence-corrected chi connectivity index (χ3v) is 4.01. The number of halogens is 2. The Labute approximate surface area is 113 Å². The molecule has 1 aliphatic carbocycles. The van der Waals surface area contributed by atoms with Crippen molar-refractivity contribution < 1.29 is 8.78 Å². The van der Waals surface area contributed by atoms with Gasteiger partial charge in [-0.05, 0) is 31.4 Å². The van der Waals surface area contributed by atoms with E-state index in [1.54, 1.807) is 0 Å². The predicted molar refractivity (Wildman–Crippen MR) is 72.7 cm³/mol. The number of hydrogen-bond acceptors (Lipinski definition) is 2. The Morgan fingerprint density at radius 2 is 2.11 bits per heavy atom. The maximum absolute atomic E-state index is 13.7. The number of likely N-dealkylation sites (N-methyl/N-ethyl adjacent to an activating group) is 1. The summed E-state index contributed by atoms with van der Waals surface area (Å²) in [7, 11) is 0. The van der Waals surface area contributed by atoms with Gasteiger partial charge in [-0.15, -0.1) is 0 Å².